The van der Waals surface area contributed by atoms with Crippen LogP contribution in [-0.4, -0.2) is 21.0 Å². The van der Waals surface area contributed by atoms with Crippen molar-refractivity contribution >= 4 is 0 Å². The van der Waals surface area contributed by atoms with Crippen LogP contribution in [0, 0.1) is 0 Å². The fourth-order valence-electron chi connectivity index (χ4n) is 2.59. The molecule has 1 aliphatic carbocycles. The van der Waals surface area contributed by atoms with Crippen LogP contribution in [0.1, 0.15) is 37.4 Å². The molecule has 0 atom stereocenters. The van der Waals surface area contributed by atoms with E-state index in [1.165, 1.54) is 0 Å². The summed E-state index contributed by atoms with van der Waals surface area (Å²) >= 11 is 0. The first-order chi connectivity index (χ1) is 8.83. The van der Waals surface area contributed by atoms with E-state index in [-0.39, 0.29) is 0 Å². The van der Waals surface area contributed by atoms with Gasteiger partial charge in [-0.2, -0.15) is 0 Å². The van der Waals surface area contributed by atoms with Gasteiger partial charge >= 0.3 is 0 Å². The number of hydrogen-bond donors (Lipinski definition) is 2. The Morgan fingerprint density at radius 3 is 2.72 bits per heavy atom. The van der Waals surface area contributed by atoms with Gasteiger partial charge in [-0.05, 0) is 43.9 Å². The first-order valence-electron chi connectivity index (χ1n) is 6.55. The van der Waals surface area contributed by atoms with Gasteiger partial charge < -0.3 is 10.7 Å². The maximum atomic E-state index is 5.94. The number of hydrogen-bond acceptors (Lipinski definition) is 3. The number of rotatable bonds is 2. The molecule has 4 nitrogen and oxygen atoms in total. The largest absolute Gasteiger partial charge is 0.360 e. The van der Waals surface area contributed by atoms with Crippen LogP contribution in [0.25, 0.3) is 11.4 Å². The van der Waals surface area contributed by atoms with Crippen LogP contribution in [0.2, 0.25) is 0 Å². The Morgan fingerprint density at radius 1 is 1.17 bits per heavy atom. The Bertz CT molecular complexity index is 498. The SMILES string of the molecule is NC1CCC(c2nccc(-c3ccc[nH]3)n2)CC1. The minimum Gasteiger partial charge on any atom is -0.360 e. The molecule has 1 fully saturated rings. The smallest absolute Gasteiger partial charge is 0.132 e. The first kappa shape index (κ1) is 11.4. The van der Waals surface area contributed by atoms with Crippen molar-refractivity contribution in [2.24, 2.45) is 5.73 Å². The molecule has 0 unspecified atom stereocenters. The van der Waals surface area contributed by atoms with Gasteiger partial charge in [-0.1, -0.05) is 0 Å². The van der Waals surface area contributed by atoms with E-state index in [1.54, 1.807) is 0 Å². The molecule has 1 aliphatic rings. The molecule has 0 aliphatic heterocycles. The van der Waals surface area contributed by atoms with Gasteiger partial charge in [0.15, 0.2) is 0 Å². The van der Waals surface area contributed by atoms with E-state index in [0.717, 1.165) is 42.9 Å². The molecule has 0 bridgehead atoms. The quantitative estimate of drug-likeness (QED) is 0.850. The summed E-state index contributed by atoms with van der Waals surface area (Å²) in [7, 11) is 0. The standard InChI is InChI=1S/C14H18N4/c15-11-5-3-10(4-6-11)14-17-9-7-13(18-14)12-2-1-8-16-12/h1-2,7-11,16H,3-6,15H2. The van der Waals surface area contributed by atoms with E-state index in [1.807, 2.05) is 30.6 Å². The van der Waals surface area contributed by atoms with Crippen molar-refractivity contribution in [3.63, 3.8) is 0 Å². The van der Waals surface area contributed by atoms with Crippen LogP contribution >= 0.6 is 0 Å². The molecule has 2 heterocycles. The van der Waals surface area contributed by atoms with E-state index in [0.29, 0.717) is 12.0 Å². The van der Waals surface area contributed by atoms with Crippen LogP contribution in [0.4, 0.5) is 0 Å². The number of aromatic nitrogens is 3. The second kappa shape index (κ2) is 4.90. The van der Waals surface area contributed by atoms with Crippen molar-refractivity contribution in [3.8, 4) is 11.4 Å². The summed E-state index contributed by atoms with van der Waals surface area (Å²) in [5, 5.41) is 0. The molecule has 0 aromatic carbocycles. The Labute approximate surface area is 107 Å². The lowest BCUT2D eigenvalue weighted by atomic mass is 9.86. The highest BCUT2D eigenvalue weighted by atomic mass is 14.9. The normalized spacial score (nSPS) is 24.1. The third kappa shape index (κ3) is 2.29. The summed E-state index contributed by atoms with van der Waals surface area (Å²) in [6.07, 6.45) is 8.15. The van der Waals surface area contributed by atoms with Gasteiger partial charge in [-0.3, -0.25) is 0 Å². The maximum absolute atomic E-state index is 5.94. The number of nitrogens with two attached hydrogens (primary N) is 1. The molecule has 0 saturated heterocycles. The maximum Gasteiger partial charge on any atom is 0.132 e. The fraction of sp³-hybridized carbons (Fsp3) is 0.429. The average molecular weight is 242 g/mol. The van der Waals surface area contributed by atoms with Crippen molar-refractivity contribution in [1.29, 1.82) is 0 Å². The first-order valence-corrected chi connectivity index (χ1v) is 6.55. The van der Waals surface area contributed by atoms with Crippen molar-refractivity contribution in [2.75, 3.05) is 0 Å². The zero-order valence-corrected chi connectivity index (χ0v) is 10.3. The average Bonchev–Trinajstić information content (AvgIpc) is 2.94. The monoisotopic (exact) mass is 242 g/mol. The molecular weight excluding hydrogens is 224 g/mol. The highest BCUT2D eigenvalue weighted by Crippen LogP contribution is 2.30. The van der Waals surface area contributed by atoms with Crippen molar-refractivity contribution in [2.45, 2.75) is 37.6 Å². The fourth-order valence-corrected chi connectivity index (χ4v) is 2.59. The summed E-state index contributed by atoms with van der Waals surface area (Å²) in [5.74, 6) is 1.44. The lowest BCUT2D eigenvalue weighted by Crippen LogP contribution is -2.26. The molecule has 2 aromatic rings. The molecule has 2 aromatic heterocycles. The van der Waals surface area contributed by atoms with Gasteiger partial charge in [0.1, 0.15) is 5.82 Å². The van der Waals surface area contributed by atoms with Gasteiger partial charge in [0, 0.05) is 24.4 Å². The Morgan fingerprint density at radius 2 is 2.00 bits per heavy atom. The Hall–Kier alpha value is -1.68. The number of aromatic amines is 1. The van der Waals surface area contributed by atoms with Crippen LogP contribution in [-0.2, 0) is 0 Å². The van der Waals surface area contributed by atoms with Crippen molar-refractivity contribution < 1.29 is 0 Å². The second-order valence-corrected chi connectivity index (χ2v) is 5.00. The Balaban J connectivity index is 1.83. The van der Waals surface area contributed by atoms with E-state index in [9.17, 15) is 0 Å². The molecule has 18 heavy (non-hydrogen) atoms. The summed E-state index contributed by atoms with van der Waals surface area (Å²) < 4.78 is 0. The molecule has 4 heteroatoms. The number of nitrogens with zero attached hydrogens (tertiary/aromatic N) is 2. The number of nitrogens with one attached hydrogen (secondary N) is 1. The molecule has 1 saturated carbocycles. The van der Waals surface area contributed by atoms with Crippen LogP contribution in [0.15, 0.2) is 30.6 Å². The highest BCUT2D eigenvalue weighted by molar-refractivity contribution is 5.53. The molecule has 0 spiro atoms. The minimum atomic E-state index is 0.368. The van der Waals surface area contributed by atoms with Crippen molar-refractivity contribution in [3.05, 3.63) is 36.4 Å². The van der Waals surface area contributed by atoms with Gasteiger partial charge in [-0.15, -0.1) is 0 Å². The zero-order chi connectivity index (χ0) is 12.4. The van der Waals surface area contributed by atoms with Gasteiger partial charge in [-0.25, -0.2) is 9.97 Å². The van der Waals surface area contributed by atoms with Gasteiger partial charge in [0.2, 0.25) is 0 Å². The van der Waals surface area contributed by atoms with Crippen LogP contribution in [0.3, 0.4) is 0 Å². The molecule has 3 rings (SSSR count). The van der Waals surface area contributed by atoms with Crippen molar-refractivity contribution in [1.82, 2.24) is 15.0 Å². The van der Waals surface area contributed by atoms with Crippen LogP contribution in [0.5, 0.6) is 0 Å². The van der Waals surface area contributed by atoms with Gasteiger partial charge in [0.25, 0.3) is 0 Å². The topological polar surface area (TPSA) is 67.6 Å². The molecular formula is C14H18N4. The third-order valence-corrected chi connectivity index (χ3v) is 3.69. The lowest BCUT2D eigenvalue weighted by molar-refractivity contribution is 0.385. The molecule has 0 radical (unpaired) electrons. The van der Waals surface area contributed by atoms with E-state index in [2.05, 4.69) is 15.0 Å². The van der Waals surface area contributed by atoms with Crippen LogP contribution < -0.4 is 5.73 Å². The summed E-state index contributed by atoms with van der Waals surface area (Å²) in [4.78, 5) is 12.3. The number of H-pyrrole nitrogens is 1. The highest BCUT2D eigenvalue weighted by Gasteiger charge is 2.22. The molecule has 0 amide bonds. The summed E-state index contributed by atoms with van der Waals surface area (Å²) in [6.45, 7) is 0. The van der Waals surface area contributed by atoms with E-state index < -0.39 is 0 Å². The predicted molar refractivity (Wildman–Crippen MR) is 71.0 cm³/mol. The third-order valence-electron chi connectivity index (χ3n) is 3.69. The zero-order valence-electron chi connectivity index (χ0n) is 10.3. The Kier molecular flexibility index (Phi) is 3.11. The van der Waals surface area contributed by atoms with Gasteiger partial charge in [0.05, 0.1) is 11.4 Å². The molecule has 94 valence electrons. The minimum absolute atomic E-state index is 0.368. The second-order valence-electron chi connectivity index (χ2n) is 5.00. The summed E-state index contributed by atoms with van der Waals surface area (Å²) in [5.41, 5.74) is 7.96. The lowest BCUT2D eigenvalue weighted by Gasteiger charge is -2.24. The molecule has 3 N–H and O–H groups in total. The predicted octanol–water partition coefficient (Wildman–Crippen LogP) is 2.46. The van der Waals surface area contributed by atoms with E-state index >= 15 is 0 Å². The van der Waals surface area contributed by atoms with E-state index in [4.69, 9.17) is 5.73 Å². The summed E-state index contributed by atoms with van der Waals surface area (Å²) in [6, 6.07) is 6.33.